The molecular weight excluding hydrogens is 300 g/mol. The number of para-hydroxylation sites is 1. The van der Waals surface area contributed by atoms with Gasteiger partial charge < -0.3 is 14.5 Å². The summed E-state index contributed by atoms with van der Waals surface area (Å²) in [6, 6.07) is 18.4. The Balaban J connectivity index is 1.68. The zero-order valence-electron chi connectivity index (χ0n) is 14.0. The van der Waals surface area contributed by atoms with E-state index >= 15 is 0 Å². The zero-order valence-corrected chi connectivity index (χ0v) is 14.0. The molecule has 1 aromatic heterocycles. The Kier molecular flexibility index (Phi) is 5.29. The molecule has 0 aliphatic rings. The van der Waals surface area contributed by atoms with Crippen LogP contribution < -0.4 is 10.1 Å². The minimum absolute atomic E-state index is 0.252. The molecule has 0 bridgehead atoms. The van der Waals surface area contributed by atoms with Gasteiger partial charge in [0.2, 0.25) is 5.89 Å². The fourth-order valence-electron chi connectivity index (χ4n) is 2.55. The van der Waals surface area contributed by atoms with Crippen LogP contribution in [0.1, 0.15) is 31.1 Å². The van der Waals surface area contributed by atoms with Crippen LogP contribution >= 0.6 is 0 Å². The van der Waals surface area contributed by atoms with Gasteiger partial charge in [-0.05, 0) is 31.5 Å². The van der Waals surface area contributed by atoms with Crippen LogP contribution in [0.25, 0.3) is 11.5 Å². The number of nitrogens with zero attached hydrogens (tertiary/aromatic N) is 1. The van der Waals surface area contributed by atoms with E-state index in [2.05, 4.69) is 29.4 Å². The van der Waals surface area contributed by atoms with Crippen molar-refractivity contribution in [2.75, 3.05) is 6.61 Å². The van der Waals surface area contributed by atoms with Crippen LogP contribution in [0.4, 0.5) is 0 Å². The second-order valence-corrected chi connectivity index (χ2v) is 5.59. The highest BCUT2D eigenvalue weighted by Gasteiger charge is 2.12. The number of oxazole rings is 1. The Morgan fingerprint density at radius 3 is 2.62 bits per heavy atom. The Morgan fingerprint density at radius 2 is 1.83 bits per heavy atom. The molecule has 1 unspecified atom stereocenters. The number of hydrogen-bond donors (Lipinski definition) is 1. The molecule has 0 spiro atoms. The van der Waals surface area contributed by atoms with Crippen molar-refractivity contribution >= 4 is 0 Å². The van der Waals surface area contributed by atoms with Crippen molar-refractivity contribution in [3.63, 3.8) is 0 Å². The van der Waals surface area contributed by atoms with E-state index in [1.54, 1.807) is 6.26 Å². The molecule has 124 valence electrons. The fraction of sp³-hybridized carbons (Fsp3) is 0.250. The summed E-state index contributed by atoms with van der Waals surface area (Å²) in [4.78, 5) is 4.58. The molecule has 0 fully saturated rings. The number of benzene rings is 2. The summed E-state index contributed by atoms with van der Waals surface area (Å²) in [6.45, 7) is 5.37. The lowest BCUT2D eigenvalue weighted by Crippen LogP contribution is -2.18. The highest BCUT2D eigenvalue weighted by molar-refractivity contribution is 5.62. The Bertz CT molecular complexity index is 768. The molecule has 0 aliphatic heterocycles. The third-order valence-electron chi connectivity index (χ3n) is 3.86. The van der Waals surface area contributed by atoms with Crippen LogP contribution in [0, 0.1) is 0 Å². The second-order valence-electron chi connectivity index (χ2n) is 5.59. The average Bonchev–Trinajstić information content (AvgIpc) is 3.10. The molecule has 2 aromatic carbocycles. The van der Waals surface area contributed by atoms with E-state index in [9.17, 15) is 0 Å². The average molecular weight is 322 g/mol. The van der Waals surface area contributed by atoms with Crippen LogP contribution in [0.3, 0.4) is 0 Å². The second kappa shape index (κ2) is 7.79. The monoisotopic (exact) mass is 322 g/mol. The predicted molar refractivity (Wildman–Crippen MR) is 94.8 cm³/mol. The molecule has 0 saturated heterocycles. The largest absolute Gasteiger partial charge is 0.493 e. The lowest BCUT2D eigenvalue weighted by Gasteiger charge is -2.12. The van der Waals surface area contributed by atoms with Gasteiger partial charge in [-0.15, -0.1) is 0 Å². The number of nitrogens with one attached hydrogen (secondary N) is 1. The topological polar surface area (TPSA) is 47.3 Å². The van der Waals surface area contributed by atoms with E-state index in [0.717, 1.165) is 17.0 Å². The normalized spacial score (nSPS) is 12.1. The molecule has 4 heteroatoms. The molecule has 3 aromatic rings. The first-order valence-electron chi connectivity index (χ1n) is 8.23. The maximum atomic E-state index is 5.64. The molecular formula is C20H22N2O2. The third-order valence-corrected chi connectivity index (χ3v) is 3.86. The van der Waals surface area contributed by atoms with Gasteiger partial charge in [0, 0.05) is 12.6 Å². The summed E-state index contributed by atoms with van der Waals surface area (Å²) >= 11 is 0. The van der Waals surface area contributed by atoms with E-state index < -0.39 is 0 Å². The molecule has 0 radical (unpaired) electrons. The van der Waals surface area contributed by atoms with E-state index in [0.29, 0.717) is 19.0 Å². The van der Waals surface area contributed by atoms with Crippen LogP contribution in [0.2, 0.25) is 0 Å². The first kappa shape index (κ1) is 16.3. The lowest BCUT2D eigenvalue weighted by atomic mass is 10.1. The minimum Gasteiger partial charge on any atom is -0.493 e. The number of rotatable bonds is 7. The van der Waals surface area contributed by atoms with Gasteiger partial charge in [0.05, 0.1) is 17.9 Å². The van der Waals surface area contributed by atoms with Crippen LogP contribution in [0.5, 0.6) is 5.75 Å². The molecule has 24 heavy (non-hydrogen) atoms. The quantitative estimate of drug-likeness (QED) is 0.691. The molecule has 1 heterocycles. The van der Waals surface area contributed by atoms with Gasteiger partial charge in [-0.25, -0.2) is 4.98 Å². The fourth-order valence-corrected chi connectivity index (χ4v) is 2.55. The lowest BCUT2D eigenvalue weighted by molar-refractivity contribution is 0.340. The number of ether oxygens (including phenoxy) is 1. The van der Waals surface area contributed by atoms with E-state index in [1.807, 2.05) is 49.4 Å². The van der Waals surface area contributed by atoms with Gasteiger partial charge >= 0.3 is 0 Å². The predicted octanol–water partition coefficient (Wildman–Crippen LogP) is 4.59. The van der Waals surface area contributed by atoms with Gasteiger partial charge in [-0.2, -0.15) is 0 Å². The van der Waals surface area contributed by atoms with Gasteiger partial charge in [0.1, 0.15) is 12.0 Å². The number of hydrogen-bond acceptors (Lipinski definition) is 4. The summed E-state index contributed by atoms with van der Waals surface area (Å²) in [5.41, 5.74) is 3.00. The van der Waals surface area contributed by atoms with Crippen molar-refractivity contribution in [2.24, 2.45) is 0 Å². The van der Waals surface area contributed by atoms with Crippen molar-refractivity contribution in [1.29, 1.82) is 0 Å². The Hall–Kier alpha value is -2.59. The highest BCUT2D eigenvalue weighted by Crippen LogP contribution is 2.29. The third kappa shape index (κ3) is 3.84. The van der Waals surface area contributed by atoms with Crippen molar-refractivity contribution < 1.29 is 9.15 Å². The van der Waals surface area contributed by atoms with Crippen molar-refractivity contribution in [3.8, 4) is 17.2 Å². The molecule has 0 amide bonds. The number of aromatic nitrogens is 1. The molecule has 1 atom stereocenters. The first-order chi connectivity index (χ1) is 11.8. The molecule has 1 N–H and O–H groups in total. The summed E-state index contributed by atoms with van der Waals surface area (Å²) in [5.74, 6) is 1.38. The molecule has 0 saturated carbocycles. The maximum absolute atomic E-state index is 5.64. The smallest absolute Gasteiger partial charge is 0.229 e. The highest BCUT2D eigenvalue weighted by atomic mass is 16.5. The Labute approximate surface area is 142 Å². The van der Waals surface area contributed by atoms with E-state index in [1.165, 1.54) is 5.56 Å². The van der Waals surface area contributed by atoms with Crippen molar-refractivity contribution in [1.82, 2.24) is 10.3 Å². The van der Waals surface area contributed by atoms with Crippen LogP contribution in [-0.4, -0.2) is 11.6 Å². The SMILES string of the molecule is CCOc1ccccc1-c1nc(CNC(C)c2ccccc2)co1. The van der Waals surface area contributed by atoms with E-state index in [-0.39, 0.29) is 6.04 Å². The van der Waals surface area contributed by atoms with Gasteiger partial charge in [-0.3, -0.25) is 0 Å². The summed E-state index contributed by atoms with van der Waals surface area (Å²) in [5, 5.41) is 3.47. The summed E-state index contributed by atoms with van der Waals surface area (Å²) in [6.07, 6.45) is 1.70. The Morgan fingerprint density at radius 1 is 1.08 bits per heavy atom. The van der Waals surface area contributed by atoms with Crippen LogP contribution in [-0.2, 0) is 6.54 Å². The maximum Gasteiger partial charge on any atom is 0.229 e. The molecule has 0 aliphatic carbocycles. The van der Waals surface area contributed by atoms with E-state index in [4.69, 9.17) is 9.15 Å². The van der Waals surface area contributed by atoms with Gasteiger partial charge in [0.15, 0.2) is 0 Å². The molecule has 3 rings (SSSR count). The van der Waals surface area contributed by atoms with Crippen LogP contribution in [0.15, 0.2) is 65.3 Å². The van der Waals surface area contributed by atoms with Crippen molar-refractivity contribution in [3.05, 3.63) is 72.1 Å². The van der Waals surface area contributed by atoms with Gasteiger partial charge in [0.25, 0.3) is 0 Å². The minimum atomic E-state index is 0.252. The van der Waals surface area contributed by atoms with Crippen molar-refractivity contribution in [2.45, 2.75) is 26.4 Å². The zero-order chi connectivity index (χ0) is 16.8. The molecule has 4 nitrogen and oxygen atoms in total. The standard InChI is InChI=1S/C20H22N2O2/c1-3-23-19-12-8-7-11-18(19)20-22-17(14-24-20)13-21-15(2)16-9-5-4-6-10-16/h4-12,14-15,21H,3,13H2,1-2H3. The van der Waals surface area contributed by atoms with Gasteiger partial charge in [-0.1, -0.05) is 42.5 Å². The first-order valence-corrected chi connectivity index (χ1v) is 8.23. The summed E-state index contributed by atoms with van der Waals surface area (Å²) < 4.78 is 11.3. The summed E-state index contributed by atoms with van der Waals surface area (Å²) in [7, 11) is 0.